The Kier molecular flexibility index (Phi) is 17.7. The maximum Gasteiger partial charge on any atom is 0.303 e. The molecule has 15 heteroatoms. The predicted molar refractivity (Wildman–Crippen MR) is 223 cm³/mol. The lowest BCUT2D eigenvalue weighted by Crippen LogP contribution is -2.64. The van der Waals surface area contributed by atoms with E-state index in [2.05, 4.69) is 0 Å². The highest BCUT2D eigenvalue weighted by Crippen LogP contribution is 2.34. The van der Waals surface area contributed by atoms with Crippen molar-refractivity contribution in [2.45, 2.75) is 116 Å². The summed E-state index contributed by atoms with van der Waals surface area (Å²) >= 11 is 0. The summed E-state index contributed by atoms with van der Waals surface area (Å²) in [5.74, 6) is -2.94. The molecule has 0 aliphatic carbocycles. The Bertz CT molecular complexity index is 2020. The predicted octanol–water partition coefficient (Wildman–Crippen LogP) is 5.78. The second-order valence-electron chi connectivity index (χ2n) is 15.0. The van der Waals surface area contributed by atoms with Gasteiger partial charge in [0.25, 0.3) is 0 Å². The van der Waals surface area contributed by atoms with Gasteiger partial charge in [-0.2, -0.15) is 0 Å². The molecule has 0 aromatic heterocycles. The van der Waals surface area contributed by atoms with Crippen molar-refractivity contribution < 1.29 is 71.3 Å². The zero-order chi connectivity index (χ0) is 44.6. The molecule has 10 atom stereocenters. The van der Waals surface area contributed by atoms with Crippen LogP contribution in [0, 0.1) is 0 Å². The topological polar surface area (TPSA) is 170 Å². The summed E-state index contributed by atoms with van der Waals surface area (Å²) in [6.07, 6.45) is -11.6. The monoisotopic (exact) mass is 870 g/mol. The van der Waals surface area contributed by atoms with E-state index >= 15 is 0 Å². The molecule has 6 rings (SSSR count). The summed E-state index contributed by atoms with van der Waals surface area (Å²) in [4.78, 5) is 49.4. The number of carbonyl (C=O) groups is 4. The highest BCUT2D eigenvalue weighted by atomic mass is 16.8. The molecule has 63 heavy (non-hydrogen) atoms. The number of esters is 4. The van der Waals surface area contributed by atoms with Crippen LogP contribution in [0.1, 0.15) is 49.9 Å². The van der Waals surface area contributed by atoms with Crippen LogP contribution in [-0.2, 0) is 97.7 Å². The van der Waals surface area contributed by atoms with Gasteiger partial charge < -0.3 is 52.1 Å². The molecule has 0 saturated carbocycles. The largest absolute Gasteiger partial charge is 0.463 e. The summed E-state index contributed by atoms with van der Waals surface area (Å²) in [5.41, 5.74) is 3.58. The molecule has 15 nitrogen and oxygen atoms in total. The molecular formula is C48H54O15. The third kappa shape index (κ3) is 14.2. The van der Waals surface area contributed by atoms with Crippen molar-refractivity contribution in [3.05, 3.63) is 144 Å². The van der Waals surface area contributed by atoms with Gasteiger partial charge >= 0.3 is 23.9 Å². The fourth-order valence-corrected chi connectivity index (χ4v) is 7.28. The fraction of sp³-hybridized carbons (Fsp3) is 0.417. The van der Waals surface area contributed by atoms with E-state index in [9.17, 15) is 19.2 Å². The first-order valence-corrected chi connectivity index (χ1v) is 20.7. The Morgan fingerprint density at radius 1 is 0.381 bits per heavy atom. The van der Waals surface area contributed by atoms with Crippen molar-refractivity contribution in [1.29, 1.82) is 0 Å². The van der Waals surface area contributed by atoms with Gasteiger partial charge in [0.1, 0.15) is 37.1 Å². The molecule has 4 aromatic rings. The van der Waals surface area contributed by atoms with Gasteiger partial charge in [-0.3, -0.25) is 19.2 Å². The molecule has 2 aliphatic heterocycles. The molecule has 0 radical (unpaired) electrons. The summed E-state index contributed by atoms with van der Waals surface area (Å²) in [6, 6.07) is 38.5. The molecule has 4 aromatic carbocycles. The molecule has 0 unspecified atom stereocenters. The zero-order valence-corrected chi connectivity index (χ0v) is 35.7. The van der Waals surface area contributed by atoms with E-state index in [0.29, 0.717) is 0 Å². The number of rotatable bonds is 20. The molecule has 0 spiro atoms. The van der Waals surface area contributed by atoms with Gasteiger partial charge in [-0.05, 0) is 22.3 Å². The number of hydrogen-bond acceptors (Lipinski definition) is 15. The summed E-state index contributed by atoms with van der Waals surface area (Å²) in [5, 5.41) is 0. The van der Waals surface area contributed by atoms with E-state index in [0.717, 1.165) is 43.0 Å². The van der Waals surface area contributed by atoms with Crippen molar-refractivity contribution in [1.82, 2.24) is 0 Å². The quantitative estimate of drug-likeness (QED) is 0.0773. The Balaban J connectivity index is 1.37. The summed E-state index contributed by atoms with van der Waals surface area (Å²) < 4.78 is 68.5. The molecule has 2 fully saturated rings. The van der Waals surface area contributed by atoms with Gasteiger partial charge in [-0.1, -0.05) is 121 Å². The van der Waals surface area contributed by atoms with Crippen molar-refractivity contribution in [3.63, 3.8) is 0 Å². The minimum absolute atomic E-state index is 0.149. The smallest absolute Gasteiger partial charge is 0.303 e. The number of hydrogen-bond donors (Lipinski definition) is 0. The van der Waals surface area contributed by atoms with Gasteiger partial charge in [0.15, 0.2) is 30.9 Å². The van der Waals surface area contributed by atoms with Crippen molar-refractivity contribution in [3.8, 4) is 0 Å². The Hall–Kier alpha value is -5.52. The average Bonchev–Trinajstić information content (AvgIpc) is 3.27. The maximum absolute atomic E-state index is 12.6. The lowest BCUT2D eigenvalue weighted by molar-refractivity contribution is -0.347. The van der Waals surface area contributed by atoms with Crippen LogP contribution in [0.3, 0.4) is 0 Å². The van der Waals surface area contributed by atoms with Crippen LogP contribution in [0.15, 0.2) is 121 Å². The second-order valence-corrected chi connectivity index (χ2v) is 15.0. The summed E-state index contributed by atoms with van der Waals surface area (Å²) in [7, 11) is 0. The molecule has 336 valence electrons. The molecule has 2 aliphatic rings. The third-order valence-electron chi connectivity index (χ3n) is 10.1. The van der Waals surface area contributed by atoms with Crippen LogP contribution in [0.25, 0.3) is 0 Å². The van der Waals surface area contributed by atoms with Crippen LogP contribution in [-0.4, -0.2) is 98.5 Å². The molecule has 0 amide bonds. The molecule has 0 bridgehead atoms. The van der Waals surface area contributed by atoms with Crippen molar-refractivity contribution >= 4 is 23.9 Å². The van der Waals surface area contributed by atoms with Crippen molar-refractivity contribution in [2.75, 3.05) is 13.2 Å². The van der Waals surface area contributed by atoms with Crippen molar-refractivity contribution in [2.24, 2.45) is 0 Å². The molecular weight excluding hydrogens is 817 g/mol. The second kappa shape index (κ2) is 23.8. The Labute approximate surface area is 366 Å². The van der Waals surface area contributed by atoms with Gasteiger partial charge in [-0.25, -0.2) is 0 Å². The van der Waals surface area contributed by atoms with Gasteiger partial charge in [0.2, 0.25) is 0 Å². The van der Waals surface area contributed by atoms with Crippen LogP contribution >= 0.6 is 0 Å². The normalized spacial score (nSPS) is 25.7. The number of ether oxygens (including phenoxy) is 11. The standard InChI is InChI=1S/C48H54O15/c1-31(49)53-29-40-42(59-32(2)50)44(60-33(3)51)46(61-34(4)52)48(63-40)58-30-39-41(54-25-35-17-9-5-10-18-35)43(55-26-36-19-11-6-12-20-36)45(56-27-37-21-13-7-14-22-37)47(62-39)57-28-38-23-15-8-16-24-38/h5-24,39-48H,25-30H2,1-4H3/t39-,40+,41-,42+,43+,44-,45+,46-,47+,48-/m0/s1. The highest BCUT2D eigenvalue weighted by molar-refractivity contribution is 5.68. The Morgan fingerprint density at radius 2 is 0.746 bits per heavy atom. The Morgan fingerprint density at radius 3 is 1.19 bits per heavy atom. The van der Waals surface area contributed by atoms with E-state index < -0.39 is 91.9 Å². The lowest BCUT2D eigenvalue weighted by Gasteiger charge is -2.47. The van der Waals surface area contributed by atoms with Crippen LogP contribution < -0.4 is 0 Å². The van der Waals surface area contributed by atoms with Gasteiger partial charge in [-0.15, -0.1) is 0 Å². The summed E-state index contributed by atoms with van der Waals surface area (Å²) in [6.45, 7) is 4.61. The molecule has 2 heterocycles. The number of benzene rings is 4. The van der Waals surface area contributed by atoms with Crippen LogP contribution in [0.5, 0.6) is 0 Å². The molecule has 0 N–H and O–H groups in total. The van der Waals surface area contributed by atoms with Crippen LogP contribution in [0.4, 0.5) is 0 Å². The van der Waals surface area contributed by atoms with E-state index in [-0.39, 0.29) is 33.0 Å². The van der Waals surface area contributed by atoms with E-state index in [1.54, 1.807) is 0 Å². The highest BCUT2D eigenvalue weighted by Gasteiger charge is 2.54. The number of carbonyl (C=O) groups excluding carboxylic acids is 4. The van der Waals surface area contributed by atoms with Gasteiger partial charge in [0.05, 0.1) is 33.0 Å². The maximum atomic E-state index is 12.6. The fourth-order valence-electron chi connectivity index (χ4n) is 7.28. The van der Waals surface area contributed by atoms with Crippen LogP contribution in [0.2, 0.25) is 0 Å². The minimum atomic E-state index is -1.48. The van der Waals surface area contributed by atoms with E-state index in [4.69, 9.17) is 52.1 Å². The first-order chi connectivity index (χ1) is 30.5. The zero-order valence-electron chi connectivity index (χ0n) is 35.7. The minimum Gasteiger partial charge on any atom is -0.463 e. The molecule has 2 saturated heterocycles. The SMILES string of the molecule is CC(=O)OC[C@H]1O[C@H](OC[C@@H]2O[C@@H](OCc3ccccc3)[C@H](OCc3ccccc3)[C@H](OCc3ccccc3)[C@H]2OCc2ccccc2)[C@@H](OC(C)=O)[C@@H](OC(C)=O)[C@@H]1OC(C)=O. The first-order valence-electron chi connectivity index (χ1n) is 20.7. The average molecular weight is 871 g/mol. The third-order valence-corrected chi connectivity index (χ3v) is 10.1. The van der Waals surface area contributed by atoms with E-state index in [1.807, 2.05) is 121 Å². The van der Waals surface area contributed by atoms with E-state index in [1.165, 1.54) is 6.92 Å². The van der Waals surface area contributed by atoms with Gasteiger partial charge in [0, 0.05) is 27.7 Å². The lowest BCUT2D eigenvalue weighted by atomic mass is 9.97. The first kappa shape index (κ1) is 47.0.